The van der Waals surface area contributed by atoms with E-state index in [2.05, 4.69) is 42.4 Å². The maximum atomic E-state index is 13.4. The summed E-state index contributed by atoms with van der Waals surface area (Å²) in [5.74, 6) is -0.0393. The Morgan fingerprint density at radius 2 is 2.08 bits per heavy atom. The Labute approximate surface area is 155 Å². The van der Waals surface area contributed by atoms with Gasteiger partial charge in [-0.05, 0) is 34.1 Å². The Kier molecular flexibility index (Phi) is 6.74. The summed E-state index contributed by atoms with van der Waals surface area (Å²) in [5, 5.41) is 3.70. The molecule has 0 aliphatic carbocycles. The topological polar surface area (TPSA) is 59.9 Å². The summed E-state index contributed by atoms with van der Waals surface area (Å²) < 4.78 is 25.5. The van der Waals surface area contributed by atoms with E-state index in [1.807, 2.05) is 0 Å². The van der Waals surface area contributed by atoms with Gasteiger partial charge in [0.25, 0.3) is 5.91 Å². The fourth-order valence-corrected chi connectivity index (χ4v) is 3.05. The van der Waals surface area contributed by atoms with Gasteiger partial charge in [0.1, 0.15) is 5.82 Å². The molecule has 2 aromatic rings. The molecule has 1 N–H and O–H groups in total. The predicted molar refractivity (Wildman–Crippen MR) is 96.0 cm³/mol. The van der Waals surface area contributed by atoms with Crippen LogP contribution in [-0.2, 0) is 4.79 Å². The number of hydrogen-bond acceptors (Lipinski definition) is 4. The molecule has 126 valence electrons. The fraction of sp³-hybridized carbons (Fsp3) is 0.125. The van der Waals surface area contributed by atoms with Crippen molar-refractivity contribution in [1.29, 1.82) is 0 Å². The van der Waals surface area contributed by atoms with Crippen molar-refractivity contribution in [2.75, 3.05) is 13.7 Å². The van der Waals surface area contributed by atoms with Crippen LogP contribution in [0.4, 0.5) is 4.39 Å². The maximum Gasteiger partial charge on any atom is 0.277 e. The van der Waals surface area contributed by atoms with Crippen molar-refractivity contribution in [3.8, 4) is 11.5 Å². The number of benzene rings is 2. The maximum absolute atomic E-state index is 13.4. The van der Waals surface area contributed by atoms with Crippen molar-refractivity contribution in [2.24, 2.45) is 5.10 Å². The van der Waals surface area contributed by atoms with Crippen molar-refractivity contribution in [2.45, 2.75) is 0 Å². The zero-order valence-electron chi connectivity index (χ0n) is 12.6. The highest BCUT2D eigenvalue weighted by atomic mass is 79.9. The highest BCUT2D eigenvalue weighted by molar-refractivity contribution is 9.11. The largest absolute Gasteiger partial charge is 0.493 e. The highest BCUT2D eigenvalue weighted by Gasteiger charge is 2.12. The lowest BCUT2D eigenvalue weighted by Crippen LogP contribution is -2.24. The molecule has 24 heavy (non-hydrogen) atoms. The molecule has 2 rings (SSSR count). The first-order valence-electron chi connectivity index (χ1n) is 6.73. The van der Waals surface area contributed by atoms with Gasteiger partial charge in [-0.1, -0.05) is 34.1 Å². The van der Waals surface area contributed by atoms with Gasteiger partial charge < -0.3 is 9.47 Å². The smallest absolute Gasteiger partial charge is 0.277 e. The number of methoxy groups -OCH3 is 1. The van der Waals surface area contributed by atoms with Gasteiger partial charge in [0.15, 0.2) is 18.1 Å². The third-order valence-corrected chi connectivity index (χ3v) is 3.89. The highest BCUT2D eigenvalue weighted by Crippen LogP contribution is 2.38. The Balaban J connectivity index is 1.93. The number of nitrogens with zero attached hydrogens (tertiary/aromatic N) is 1. The number of hydrogen-bond donors (Lipinski definition) is 1. The minimum atomic E-state index is -0.487. The number of halogens is 3. The molecule has 0 radical (unpaired) electrons. The molecular formula is C16H13Br2FN2O3. The Bertz CT molecular complexity index is 769. The van der Waals surface area contributed by atoms with Crippen LogP contribution in [0.25, 0.3) is 0 Å². The molecule has 0 aromatic heterocycles. The average Bonchev–Trinajstić information content (AvgIpc) is 2.55. The van der Waals surface area contributed by atoms with E-state index in [4.69, 9.17) is 9.47 Å². The first-order valence-corrected chi connectivity index (χ1v) is 8.32. The van der Waals surface area contributed by atoms with Crippen LogP contribution in [-0.4, -0.2) is 25.8 Å². The van der Waals surface area contributed by atoms with E-state index in [-0.39, 0.29) is 12.2 Å². The second-order valence-corrected chi connectivity index (χ2v) is 6.29. The van der Waals surface area contributed by atoms with Gasteiger partial charge in [-0.2, -0.15) is 5.10 Å². The van der Waals surface area contributed by atoms with Crippen molar-refractivity contribution < 1.29 is 18.7 Å². The van der Waals surface area contributed by atoms with Gasteiger partial charge in [-0.3, -0.25) is 4.79 Å². The molecule has 1 amide bonds. The third-order valence-electron chi connectivity index (χ3n) is 2.84. The van der Waals surface area contributed by atoms with E-state index in [0.29, 0.717) is 16.0 Å². The second kappa shape index (κ2) is 8.79. The Morgan fingerprint density at radius 1 is 1.33 bits per heavy atom. The molecule has 8 heteroatoms. The molecule has 0 aliphatic rings. The van der Waals surface area contributed by atoms with Crippen LogP contribution < -0.4 is 14.9 Å². The first-order chi connectivity index (χ1) is 11.5. The molecule has 5 nitrogen and oxygen atoms in total. The van der Waals surface area contributed by atoms with Gasteiger partial charge in [0, 0.05) is 10.0 Å². The zero-order chi connectivity index (χ0) is 17.5. The van der Waals surface area contributed by atoms with Crippen LogP contribution in [0.3, 0.4) is 0 Å². The summed E-state index contributed by atoms with van der Waals surface area (Å²) in [6.07, 6.45) is 1.23. The first kappa shape index (κ1) is 18.4. The Hall–Kier alpha value is -1.93. The van der Waals surface area contributed by atoms with Crippen LogP contribution in [0.1, 0.15) is 5.56 Å². The van der Waals surface area contributed by atoms with E-state index in [9.17, 15) is 9.18 Å². The van der Waals surface area contributed by atoms with E-state index >= 15 is 0 Å². The minimum absolute atomic E-state index is 0.273. The van der Waals surface area contributed by atoms with Crippen molar-refractivity contribution in [1.82, 2.24) is 5.43 Å². The summed E-state index contributed by atoms with van der Waals surface area (Å²) in [6, 6.07) is 9.59. The van der Waals surface area contributed by atoms with Crippen molar-refractivity contribution in [3.05, 3.63) is 56.7 Å². The summed E-state index contributed by atoms with van der Waals surface area (Å²) in [7, 11) is 1.50. The normalized spacial score (nSPS) is 10.7. The fourth-order valence-electron chi connectivity index (χ4n) is 1.75. The molecule has 0 spiro atoms. The monoisotopic (exact) mass is 458 g/mol. The number of carbonyl (C=O) groups excluding carboxylic acids is 1. The molecule has 0 fully saturated rings. The summed E-state index contributed by atoms with van der Waals surface area (Å²) in [5.41, 5.74) is 2.54. The van der Waals surface area contributed by atoms with Gasteiger partial charge >= 0.3 is 0 Å². The van der Waals surface area contributed by atoms with Crippen LogP contribution in [0.2, 0.25) is 0 Å². The molecule has 0 saturated heterocycles. The van der Waals surface area contributed by atoms with Crippen molar-refractivity contribution in [3.63, 3.8) is 0 Å². The van der Waals surface area contributed by atoms with E-state index in [1.165, 1.54) is 19.4 Å². The van der Waals surface area contributed by atoms with Crippen LogP contribution in [0, 0.1) is 5.82 Å². The predicted octanol–water partition coefficient (Wildman–Crippen LogP) is 3.89. The van der Waals surface area contributed by atoms with E-state index < -0.39 is 11.7 Å². The number of amides is 1. The SMILES string of the molecule is COc1cc(Br)cc(Br)c1OCC(=O)N/N=C/c1ccccc1F. The molecule has 0 saturated carbocycles. The van der Waals surface area contributed by atoms with Crippen LogP contribution >= 0.6 is 31.9 Å². The lowest BCUT2D eigenvalue weighted by atomic mass is 10.2. The van der Waals surface area contributed by atoms with Gasteiger partial charge in [-0.25, -0.2) is 9.82 Å². The Morgan fingerprint density at radius 3 is 2.79 bits per heavy atom. The molecule has 0 atom stereocenters. The standard InChI is InChI=1S/C16H13Br2FN2O3/c1-23-14-7-11(17)6-12(18)16(14)24-9-15(22)21-20-8-10-4-2-3-5-13(10)19/h2-8H,9H2,1H3,(H,21,22)/b20-8+. The molecular weight excluding hydrogens is 447 g/mol. The van der Waals surface area contributed by atoms with Gasteiger partial charge in [0.05, 0.1) is 17.8 Å². The van der Waals surface area contributed by atoms with Gasteiger partial charge in [0.2, 0.25) is 0 Å². The third kappa shape index (κ3) is 5.04. The molecule has 0 heterocycles. The van der Waals surface area contributed by atoms with E-state index in [1.54, 1.807) is 30.3 Å². The summed E-state index contributed by atoms with van der Waals surface area (Å²) in [6.45, 7) is -0.273. The zero-order valence-corrected chi connectivity index (χ0v) is 15.7. The van der Waals surface area contributed by atoms with Crippen molar-refractivity contribution >= 4 is 44.0 Å². The van der Waals surface area contributed by atoms with Crippen LogP contribution in [0.15, 0.2) is 50.4 Å². The number of ether oxygens (including phenoxy) is 2. The van der Waals surface area contributed by atoms with Crippen LogP contribution in [0.5, 0.6) is 11.5 Å². The number of rotatable bonds is 6. The molecule has 0 aliphatic heterocycles. The number of carbonyl (C=O) groups is 1. The average molecular weight is 460 g/mol. The molecule has 2 aromatic carbocycles. The summed E-state index contributed by atoms with van der Waals surface area (Å²) >= 11 is 6.68. The van der Waals surface area contributed by atoms with E-state index in [0.717, 1.165) is 4.47 Å². The minimum Gasteiger partial charge on any atom is -0.493 e. The number of nitrogens with one attached hydrogen (secondary N) is 1. The van der Waals surface area contributed by atoms with Gasteiger partial charge in [-0.15, -0.1) is 0 Å². The molecule has 0 bridgehead atoms. The summed E-state index contributed by atoms with van der Waals surface area (Å²) in [4.78, 5) is 11.8. The second-order valence-electron chi connectivity index (χ2n) is 4.52. The quantitative estimate of drug-likeness (QED) is 0.526. The lowest BCUT2D eigenvalue weighted by molar-refractivity contribution is -0.123. The lowest BCUT2D eigenvalue weighted by Gasteiger charge is -2.12. The molecule has 0 unspecified atom stereocenters. The number of hydrazone groups is 1.